The minimum atomic E-state index is 0.611. The van der Waals surface area contributed by atoms with E-state index in [2.05, 4.69) is 50.8 Å². The van der Waals surface area contributed by atoms with Crippen LogP contribution in [0.3, 0.4) is 0 Å². The third-order valence-electron chi connectivity index (χ3n) is 5.49. The molecule has 0 spiro atoms. The van der Waals surface area contributed by atoms with Crippen LogP contribution >= 0.6 is 0 Å². The summed E-state index contributed by atoms with van der Waals surface area (Å²) in [6.07, 6.45) is 1.84. The van der Waals surface area contributed by atoms with E-state index in [1.165, 1.54) is 0 Å². The first-order valence-electron chi connectivity index (χ1n) is 10.0. The number of rotatable bonds is 3. The van der Waals surface area contributed by atoms with Crippen LogP contribution < -0.4 is 0 Å². The Morgan fingerprint density at radius 1 is 0.774 bits per heavy atom. The van der Waals surface area contributed by atoms with E-state index >= 15 is 0 Å². The molecule has 6 nitrogen and oxygen atoms in total. The molecule has 0 aliphatic rings. The Bertz CT molecular complexity index is 1530. The van der Waals surface area contributed by atoms with Gasteiger partial charge < -0.3 is 4.52 Å². The van der Waals surface area contributed by atoms with Gasteiger partial charge in [-0.3, -0.25) is 0 Å². The molecule has 6 heteroatoms. The quantitative estimate of drug-likeness (QED) is 0.386. The van der Waals surface area contributed by atoms with Gasteiger partial charge in [0.05, 0.1) is 11.8 Å². The number of aryl methyl sites for hydroxylation is 1. The van der Waals surface area contributed by atoms with E-state index in [1.54, 1.807) is 4.52 Å². The lowest BCUT2D eigenvalue weighted by atomic mass is 10.0. The standard InChI is InChI=1S/C25H17N5O/c1-16-22(23(29-31-16)18-10-6-3-7-11-18)25-28-27-24-21-14-19(17-8-4-2-5-9-17)12-13-20(21)15-26-30(24)25/h2-15H,1H3. The lowest BCUT2D eigenvalue weighted by Gasteiger charge is -2.06. The summed E-state index contributed by atoms with van der Waals surface area (Å²) >= 11 is 0. The molecule has 6 aromatic rings. The zero-order valence-corrected chi connectivity index (χ0v) is 16.7. The highest BCUT2D eigenvalue weighted by molar-refractivity contribution is 5.97. The molecule has 0 fully saturated rings. The van der Waals surface area contributed by atoms with Crippen molar-refractivity contribution in [1.29, 1.82) is 0 Å². The molecule has 0 saturated carbocycles. The summed E-state index contributed by atoms with van der Waals surface area (Å²) in [6.45, 7) is 1.88. The first-order chi connectivity index (χ1) is 15.3. The summed E-state index contributed by atoms with van der Waals surface area (Å²) in [5.74, 6) is 1.28. The van der Waals surface area contributed by atoms with Crippen molar-refractivity contribution in [3.05, 3.63) is 90.8 Å². The number of hydrogen-bond donors (Lipinski definition) is 0. The fourth-order valence-corrected chi connectivity index (χ4v) is 3.93. The van der Waals surface area contributed by atoms with Gasteiger partial charge in [-0.1, -0.05) is 78.0 Å². The normalized spacial score (nSPS) is 11.4. The summed E-state index contributed by atoms with van der Waals surface area (Å²) in [5.41, 5.74) is 5.46. The van der Waals surface area contributed by atoms with Crippen LogP contribution in [0.2, 0.25) is 0 Å². The molecule has 3 heterocycles. The van der Waals surface area contributed by atoms with E-state index in [9.17, 15) is 0 Å². The van der Waals surface area contributed by atoms with Crippen molar-refractivity contribution in [2.75, 3.05) is 0 Å². The smallest absolute Gasteiger partial charge is 0.191 e. The Hall–Kier alpha value is -4.32. The van der Waals surface area contributed by atoms with E-state index in [4.69, 9.17) is 4.52 Å². The highest BCUT2D eigenvalue weighted by atomic mass is 16.5. The molecule has 6 rings (SSSR count). The summed E-state index contributed by atoms with van der Waals surface area (Å²) in [5, 5.41) is 19.9. The van der Waals surface area contributed by atoms with Crippen LogP contribution in [0, 0.1) is 6.92 Å². The molecule has 3 aromatic carbocycles. The van der Waals surface area contributed by atoms with Gasteiger partial charge in [0.15, 0.2) is 11.5 Å². The molecule has 31 heavy (non-hydrogen) atoms. The van der Waals surface area contributed by atoms with Crippen molar-refractivity contribution < 1.29 is 4.52 Å². The zero-order chi connectivity index (χ0) is 20.8. The zero-order valence-electron chi connectivity index (χ0n) is 16.7. The average molecular weight is 403 g/mol. The molecule has 0 bridgehead atoms. The van der Waals surface area contributed by atoms with Crippen LogP contribution in [-0.4, -0.2) is 25.0 Å². The molecule has 0 radical (unpaired) electrons. The van der Waals surface area contributed by atoms with Gasteiger partial charge in [0, 0.05) is 16.3 Å². The van der Waals surface area contributed by atoms with Gasteiger partial charge in [0.2, 0.25) is 0 Å². The van der Waals surface area contributed by atoms with Crippen LogP contribution in [0.4, 0.5) is 0 Å². The molecule has 0 atom stereocenters. The number of fused-ring (bicyclic) bond motifs is 3. The number of nitrogens with zero attached hydrogens (tertiary/aromatic N) is 5. The third-order valence-corrected chi connectivity index (χ3v) is 5.49. The van der Waals surface area contributed by atoms with Crippen LogP contribution in [-0.2, 0) is 0 Å². The number of benzene rings is 3. The van der Waals surface area contributed by atoms with E-state index in [0.29, 0.717) is 17.2 Å². The molecule has 0 aliphatic heterocycles. The molecule has 0 amide bonds. The Labute approximate surface area is 177 Å². The van der Waals surface area contributed by atoms with Crippen molar-refractivity contribution in [2.45, 2.75) is 6.92 Å². The maximum Gasteiger partial charge on any atom is 0.191 e. The summed E-state index contributed by atoms with van der Waals surface area (Å²) in [4.78, 5) is 0. The van der Waals surface area contributed by atoms with Gasteiger partial charge in [0.25, 0.3) is 0 Å². The van der Waals surface area contributed by atoms with Crippen LogP contribution in [0.25, 0.3) is 50.2 Å². The molecule has 0 unspecified atom stereocenters. The van der Waals surface area contributed by atoms with Gasteiger partial charge in [-0.2, -0.15) is 9.61 Å². The van der Waals surface area contributed by atoms with Crippen molar-refractivity contribution in [1.82, 2.24) is 25.0 Å². The van der Waals surface area contributed by atoms with Crippen molar-refractivity contribution in [3.63, 3.8) is 0 Å². The topological polar surface area (TPSA) is 69.1 Å². The third kappa shape index (κ3) is 2.80. The van der Waals surface area contributed by atoms with Gasteiger partial charge in [-0.25, -0.2) is 0 Å². The van der Waals surface area contributed by atoms with Crippen molar-refractivity contribution >= 4 is 16.4 Å². The average Bonchev–Trinajstić information content (AvgIpc) is 3.43. The van der Waals surface area contributed by atoms with Gasteiger partial charge in [0.1, 0.15) is 11.5 Å². The van der Waals surface area contributed by atoms with E-state index in [1.807, 2.05) is 61.7 Å². The Morgan fingerprint density at radius 3 is 2.29 bits per heavy atom. The molecular weight excluding hydrogens is 386 g/mol. The summed E-state index contributed by atoms with van der Waals surface area (Å²) < 4.78 is 7.30. The van der Waals surface area contributed by atoms with Gasteiger partial charge in [-0.15, -0.1) is 10.2 Å². The molecule has 3 aromatic heterocycles. The molecule has 0 N–H and O–H groups in total. The first-order valence-corrected chi connectivity index (χ1v) is 10.0. The van der Waals surface area contributed by atoms with E-state index in [-0.39, 0.29) is 0 Å². The van der Waals surface area contributed by atoms with Crippen LogP contribution in [0.5, 0.6) is 0 Å². The molecule has 0 saturated heterocycles. The fraction of sp³-hybridized carbons (Fsp3) is 0.0400. The maximum atomic E-state index is 5.53. The highest BCUT2D eigenvalue weighted by Gasteiger charge is 2.22. The monoisotopic (exact) mass is 403 g/mol. The van der Waals surface area contributed by atoms with Gasteiger partial charge >= 0.3 is 0 Å². The minimum absolute atomic E-state index is 0.611. The van der Waals surface area contributed by atoms with Crippen molar-refractivity contribution in [3.8, 4) is 33.8 Å². The fourth-order valence-electron chi connectivity index (χ4n) is 3.93. The van der Waals surface area contributed by atoms with Crippen LogP contribution in [0.15, 0.2) is 89.6 Å². The van der Waals surface area contributed by atoms with E-state index in [0.717, 1.165) is 38.7 Å². The van der Waals surface area contributed by atoms with Crippen molar-refractivity contribution in [2.24, 2.45) is 0 Å². The molecule has 148 valence electrons. The lowest BCUT2D eigenvalue weighted by Crippen LogP contribution is -1.97. The van der Waals surface area contributed by atoms with E-state index < -0.39 is 0 Å². The SMILES string of the molecule is Cc1onc(-c2ccccc2)c1-c1nnc2c3cc(-c4ccccc4)ccc3cnn12. The van der Waals surface area contributed by atoms with Crippen LogP contribution in [0.1, 0.15) is 5.76 Å². The second-order valence-corrected chi connectivity index (χ2v) is 7.40. The summed E-state index contributed by atoms with van der Waals surface area (Å²) in [6, 6.07) is 26.5. The summed E-state index contributed by atoms with van der Waals surface area (Å²) in [7, 11) is 0. The largest absolute Gasteiger partial charge is 0.360 e. The molecule has 0 aliphatic carbocycles. The predicted octanol–water partition coefficient (Wildman–Crippen LogP) is 5.57. The lowest BCUT2D eigenvalue weighted by molar-refractivity contribution is 0.400. The number of aromatic nitrogens is 5. The minimum Gasteiger partial charge on any atom is -0.360 e. The highest BCUT2D eigenvalue weighted by Crippen LogP contribution is 2.34. The Morgan fingerprint density at radius 2 is 1.52 bits per heavy atom. The predicted molar refractivity (Wildman–Crippen MR) is 119 cm³/mol. The number of hydrogen-bond acceptors (Lipinski definition) is 5. The second kappa shape index (κ2) is 6.88. The Kier molecular flexibility index (Phi) is 3.89. The van der Waals surface area contributed by atoms with Gasteiger partial charge in [-0.05, 0) is 24.1 Å². The molecular formula is C25H17N5O. The Balaban J connectivity index is 1.58. The first kappa shape index (κ1) is 17.5. The second-order valence-electron chi connectivity index (χ2n) is 7.40. The maximum absolute atomic E-state index is 5.53.